The van der Waals surface area contributed by atoms with Crippen LogP contribution in [-0.4, -0.2) is 9.97 Å². The summed E-state index contributed by atoms with van der Waals surface area (Å²) in [7, 11) is 0. The van der Waals surface area contributed by atoms with E-state index in [0.29, 0.717) is 10.2 Å². The van der Waals surface area contributed by atoms with E-state index >= 15 is 0 Å². The highest BCUT2D eigenvalue weighted by molar-refractivity contribution is 9.10. The van der Waals surface area contributed by atoms with Crippen LogP contribution in [-0.2, 0) is 12.8 Å². The second-order valence-electron chi connectivity index (χ2n) is 4.40. The predicted octanol–water partition coefficient (Wildman–Crippen LogP) is 3.79. The van der Waals surface area contributed by atoms with Gasteiger partial charge >= 0.3 is 0 Å². The molecule has 3 rings (SSSR count). The van der Waals surface area contributed by atoms with Crippen molar-refractivity contribution in [2.45, 2.75) is 25.7 Å². The minimum atomic E-state index is 0.686. The van der Waals surface area contributed by atoms with Crippen LogP contribution in [0.25, 0.3) is 10.7 Å². The summed E-state index contributed by atoms with van der Waals surface area (Å²) in [5.41, 5.74) is 4.95. The number of nitrogen functional groups attached to an aromatic ring is 1. The molecule has 3 N–H and O–H groups in total. The van der Waals surface area contributed by atoms with Crippen LogP contribution in [0.15, 0.2) is 10.5 Å². The van der Waals surface area contributed by atoms with Crippen LogP contribution in [0.4, 0.5) is 5.82 Å². The summed E-state index contributed by atoms with van der Waals surface area (Å²) in [4.78, 5) is 10.1. The first-order chi connectivity index (χ1) is 9.19. The van der Waals surface area contributed by atoms with Crippen molar-refractivity contribution in [3.63, 3.8) is 0 Å². The molecule has 0 atom stereocenters. The minimum Gasteiger partial charge on any atom is -0.308 e. The van der Waals surface area contributed by atoms with Gasteiger partial charge < -0.3 is 5.43 Å². The zero-order valence-corrected chi connectivity index (χ0v) is 13.2. The van der Waals surface area contributed by atoms with Crippen molar-refractivity contribution in [3.05, 3.63) is 26.1 Å². The molecule has 1 aliphatic carbocycles. The van der Waals surface area contributed by atoms with Gasteiger partial charge in [-0.25, -0.2) is 15.8 Å². The lowest BCUT2D eigenvalue weighted by Gasteiger charge is -2.18. The van der Waals surface area contributed by atoms with Crippen LogP contribution in [0.5, 0.6) is 0 Å². The fraction of sp³-hybridized carbons (Fsp3) is 0.333. The number of nitrogens with two attached hydrogens (primary N) is 1. The average molecular weight is 360 g/mol. The summed E-state index contributed by atoms with van der Waals surface area (Å²) >= 11 is 10.9. The summed E-state index contributed by atoms with van der Waals surface area (Å²) in [6.45, 7) is 0. The van der Waals surface area contributed by atoms with E-state index in [0.717, 1.165) is 39.3 Å². The predicted molar refractivity (Wildman–Crippen MR) is 82.5 cm³/mol. The van der Waals surface area contributed by atoms with Crippen LogP contribution < -0.4 is 11.3 Å². The molecule has 2 heterocycles. The molecule has 100 valence electrons. The van der Waals surface area contributed by atoms with Gasteiger partial charge in [-0.1, -0.05) is 11.6 Å². The number of hydrogen-bond donors (Lipinski definition) is 2. The number of rotatable bonds is 2. The van der Waals surface area contributed by atoms with Crippen molar-refractivity contribution in [1.82, 2.24) is 9.97 Å². The lowest BCUT2D eigenvalue weighted by atomic mass is 9.96. The lowest BCUT2D eigenvalue weighted by Crippen LogP contribution is -2.16. The zero-order valence-electron chi connectivity index (χ0n) is 10.0. The standard InChI is InChI=1S/C12H12BrClN4S/c13-7-5-9(19-10(7)14)12-16-8-4-2-1-3-6(8)11(17-12)18-15/h5H,1-4,15H2,(H,16,17,18). The number of anilines is 1. The average Bonchev–Trinajstić information content (AvgIpc) is 2.77. The fourth-order valence-electron chi connectivity index (χ4n) is 2.28. The molecule has 0 bridgehead atoms. The summed E-state index contributed by atoms with van der Waals surface area (Å²) in [5.74, 6) is 7.01. The molecular weight excluding hydrogens is 348 g/mol. The highest BCUT2D eigenvalue weighted by Gasteiger charge is 2.19. The first-order valence-corrected chi connectivity index (χ1v) is 7.99. The molecule has 0 spiro atoms. The van der Waals surface area contributed by atoms with Gasteiger partial charge in [-0.3, -0.25) is 0 Å². The van der Waals surface area contributed by atoms with Crippen LogP contribution in [0, 0.1) is 0 Å². The number of aryl methyl sites for hydroxylation is 1. The maximum absolute atomic E-state index is 6.07. The molecule has 7 heteroatoms. The molecule has 0 amide bonds. The number of hydrogen-bond acceptors (Lipinski definition) is 5. The largest absolute Gasteiger partial charge is 0.308 e. The Labute approximate surface area is 128 Å². The van der Waals surface area contributed by atoms with Crippen molar-refractivity contribution in [3.8, 4) is 10.7 Å². The Kier molecular flexibility index (Phi) is 3.75. The summed E-state index contributed by atoms with van der Waals surface area (Å²) in [6.07, 6.45) is 4.31. The lowest BCUT2D eigenvalue weighted by molar-refractivity contribution is 0.665. The maximum atomic E-state index is 6.07. The van der Waals surface area contributed by atoms with Crippen LogP contribution in [0.3, 0.4) is 0 Å². The monoisotopic (exact) mass is 358 g/mol. The molecule has 2 aromatic heterocycles. The molecule has 19 heavy (non-hydrogen) atoms. The van der Waals surface area contributed by atoms with Gasteiger partial charge in [0.2, 0.25) is 0 Å². The quantitative estimate of drug-likeness (QED) is 0.632. The van der Waals surface area contributed by atoms with Crippen LogP contribution in [0.2, 0.25) is 4.34 Å². The molecular formula is C12H12BrClN4S. The summed E-state index contributed by atoms with van der Waals surface area (Å²) in [5, 5.41) is 0. The van der Waals surface area contributed by atoms with Gasteiger partial charge in [0.1, 0.15) is 10.2 Å². The molecule has 0 saturated carbocycles. The van der Waals surface area contributed by atoms with E-state index in [1.807, 2.05) is 6.07 Å². The smallest absolute Gasteiger partial charge is 0.172 e. The molecule has 0 unspecified atom stereocenters. The number of nitrogens with zero attached hydrogens (tertiary/aromatic N) is 2. The van der Waals surface area contributed by atoms with Gasteiger partial charge in [0, 0.05) is 15.7 Å². The highest BCUT2D eigenvalue weighted by Crippen LogP contribution is 2.38. The number of fused-ring (bicyclic) bond motifs is 1. The summed E-state index contributed by atoms with van der Waals surface area (Å²) < 4.78 is 1.58. The Morgan fingerprint density at radius 2 is 2.11 bits per heavy atom. The van der Waals surface area contributed by atoms with E-state index in [9.17, 15) is 0 Å². The number of thiophene rings is 1. The molecule has 0 fully saturated rings. The zero-order chi connectivity index (χ0) is 13.4. The van der Waals surface area contributed by atoms with E-state index in [4.69, 9.17) is 17.4 Å². The van der Waals surface area contributed by atoms with Gasteiger partial charge in [-0.15, -0.1) is 11.3 Å². The first-order valence-electron chi connectivity index (χ1n) is 6.00. The normalized spacial score (nSPS) is 14.3. The highest BCUT2D eigenvalue weighted by atomic mass is 79.9. The van der Waals surface area contributed by atoms with Crippen molar-refractivity contribution in [2.75, 3.05) is 5.43 Å². The second kappa shape index (κ2) is 5.36. The van der Waals surface area contributed by atoms with E-state index in [1.54, 1.807) is 0 Å². The molecule has 1 aliphatic rings. The molecule has 0 radical (unpaired) electrons. The molecule has 2 aromatic rings. The Bertz CT molecular complexity index is 592. The van der Waals surface area contributed by atoms with Gasteiger partial charge in [-0.2, -0.15) is 0 Å². The van der Waals surface area contributed by atoms with Crippen LogP contribution >= 0.6 is 38.9 Å². The van der Waals surface area contributed by atoms with Crippen LogP contribution in [0.1, 0.15) is 24.1 Å². The Morgan fingerprint density at radius 3 is 2.79 bits per heavy atom. The second-order valence-corrected chi connectivity index (χ2v) is 6.91. The number of aromatic nitrogens is 2. The third kappa shape index (κ3) is 2.50. The number of hydrazine groups is 1. The van der Waals surface area contributed by atoms with Gasteiger partial charge in [0.25, 0.3) is 0 Å². The van der Waals surface area contributed by atoms with Gasteiger partial charge in [-0.05, 0) is 47.7 Å². The van der Waals surface area contributed by atoms with E-state index < -0.39 is 0 Å². The third-order valence-corrected chi connectivity index (χ3v) is 5.66. The molecule has 0 aliphatic heterocycles. The van der Waals surface area contributed by atoms with Crippen molar-refractivity contribution in [1.29, 1.82) is 0 Å². The third-order valence-electron chi connectivity index (χ3n) is 3.19. The SMILES string of the molecule is NNc1nc(-c2cc(Br)c(Cl)s2)nc2c1CCCC2. The summed E-state index contributed by atoms with van der Waals surface area (Å²) in [6, 6.07) is 1.94. The topological polar surface area (TPSA) is 63.8 Å². The number of nitrogens with one attached hydrogen (secondary N) is 1. The molecule has 0 saturated heterocycles. The Hall–Kier alpha value is -0.690. The van der Waals surface area contributed by atoms with E-state index in [2.05, 4.69) is 31.3 Å². The number of halogens is 2. The van der Waals surface area contributed by atoms with E-state index in [-0.39, 0.29) is 0 Å². The fourth-order valence-corrected chi connectivity index (χ4v) is 3.92. The Morgan fingerprint density at radius 1 is 1.32 bits per heavy atom. The van der Waals surface area contributed by atoms with Gasteiger partial charge in [0.15, 0.2) is 5.82 Å². The first kappa shape index (κ1) is 13.3. The van der Waals surface area contributed by atoms with E-state index in [1.165, 1.54) is 24.2 Å². The Balaban J connectivity index is 2.11. The van der Waals surface area contributed by atoms with Gasteiger partial charge in [0.05, 0.1) is 4.88 Å². The molecule has 4 nitrogen and oxygen atoms in total. The van der Waals surface area contributed by atoms with Crippen molar-refractivity contribution in [2.24, 2.45) is 5.84 Å². The minimum absolute atomic E-state index is 0.686. The maximum Gasteiger partial charge on any atom is 0.172 e. The molecule has 0 aromatic carbocycles. The van der Waals surface area contributed by atoms with Crippen molar-refractivity contribution < 1.29 is 0 Å². The van der Waals surface area contributed by atoms with Crippen molar-refractivity contribution >= 4 is 44.7 Å².